The number of hydrogen-bond donors (Lipinski definition) is 1. The molecule has 0 saturated carbocycles. The highest BCUT2D eigenvalue weighted by atomic mass is 35.5. The number of benzene rings is 2. The van der Waals surface area contributed by atoms with Crippen molar-refractivity contribution >= 4 is 33.2 Å². The number of halogens is 1. The molecule has 1 saturated heterocycles. The minimum atomic E-state index is -3.86. The second kappa shape index (κ2) is 9.73. The van der Waals surface area contributed by atoms with Crippen molar-refractivity contribution in [2.45, 2.75) is 18.4 Å². The smallest absolute Gasteiger partial charge is 0.270 e. The average molecular weight is 467 g/mol. The molecule has 11 heteroatoms. The fourth-order valence-corrected chi connectivity index (χ4v) is 5.10. The number of nitro groups is 1. The van der Waals surface area contributed by atoms with Crippen LogP contribution < -0.4 is 5.32 Å². The topological polar surface area (TPSA) is 113 Å². The fraction of sp³-hybridized carbons (Fsp3) is 0.350. The van der Waals surface area contributed by atoms with Gasteiger partial charge in [0, 0.05) is 49.9 Å². The van der Waals surface area contributed by atoms with Gasteiger partial charge in [-0.15, -0.1) is 0 Å². The van der Waals surface area contributed by atoms with Crippen molar-refractivity contribution in [1.82, 2.24) is 14.5 Å². The number of non-ortho nitro benzene ring substituents is 1. The molecule has 0 bridgehead atoms. The van der Waals surface area contributed by atoms with Crippen molar-refractivity contribution in [3.05, 3.63) is 68.7 Å². The van der Waals surface area contributed by atoms with Crippen LogP contribution in [0.1, 0.15) is 11.1 Å². The zero-order valence-electron chi connectivity index (χ0n) is 17.0. The molecule has 0 aromatic heterocycles. The number of nitro benzene ring substituents is 1. The van der Waals surface area contributed by atoms with Crippen molar-refractivity contribution in [2.24, 2.45) is 0 Å². The maximum Gasteiger partial charge on any atom is 0.270 e. The van der Waals surface area contributed by atoms with Crippen LogP contribution in [0.15, 0.2) is 47.4 Å². The molecule has 9 nitrogen and oxygen atoms in total. The molecule has 1 fully saturated rings. The largest absolute Gasteiger partial charge is 0.351 e. The summed E-state index contributed by atoms with van der Waals surface area (Å²) in [6.07, 6.45) is 0. The van der Waals surface area contributed by atoms with E-state index in [1.165, 1.54) is 16.4 Å². The molecule has 31 heavy (non-hydrogen) atoms. The zero-order valence-corrected chi connectivity index (χ0v) is 18.5. The molecule has 1 heterocycles. The van der Waals surface area contributed by atoms with E-state index in [-0.39, 0.29) is 36.1 Å². The lowest BCUT2D eigenvalue weighted by Crippen LogP contribution is -2.51. The molecule has 0 atom stereocenters. The predicted molar refractivity (Wildman–Crippen MR) is 116 cm³/mol. The van der Waals surface area contributed by atoms with Gasteiger partial charge in [0.2, 0.25) is 15.9 Å². The van der Waals surface area contributed by atoms with Crippen molar-refractivity contribution in [2.75, 3.05) is 32.7 Å². The maximum atomic E-state index is 13.0. The first kappa shape index (κ1) is 23.1. The van der Waals surface area contributed by atoms with Crippen molar-refractivity contribution < 1.29 is 18.1 Å². The van der Waals surface area contributed by atoms with Crippen LogP contribution in [-0.2, 0) is 21.4 Å². The third-order valence-electron chi connectivity index (χ3n) is 5.10. The Hall–Kier alpha value is -2.53. The van der Waals surface area contributed by atoms with Gasteiger partial charge < -0.3 is 5.32 Å². The van der Waals surface area contributed by atoms with Crippen LogP contribution in [0.25, 0.3) is 0 Å². The molecule has 2 aromatic carbocycles. The third-order valence-corrected chi connectivity index (χ3v) is 7.39. The first-order valence-electron chi connectivity index (χ1n) is 9.65. The lowest BCUT2D eigenvalue weighted by Gasteiger charge is -2.33. The van der Waals surface area contributed by atoms with Crippen molar-refractivity contribution in [3.63, 3.8) is 0 Å². The van der Waals surface area contributed by atoms with Crippen molar-refractivity contribution in [1.29, 1.82) is 0 Å². The van der Waals surface area contributed by atoms with Gasteiger partial charge in [0.15, 0.2) is 0 Å². The summed E-state index contributed by atoms with van der Waals surface area (Å²) in [5.74, 6) is -0.152. The fourth-order valence-electron chi connectivity index (χ4n) is 3.31. The summed E-state index contributed by atoms with van der Waals surface area (Å²) in [6, 6.07) is 11.0. The Labute approximate surface area is 185 Å². The Morgan fingerprint density at radius 1 is 1.13 bits per heavy atom. The van der Waals surface area contributed by atoms with E-state index < -0.39 is 14.9 Å². The molecular formula is C20H23ClN4O5S. The van der Waals surface area contributed by atoms with Crippen LogP contribution in [0.3, 0.4) is 0 Å². The summed E-state index contributed by atoms with van der Waals surface area (Å²) in [6.45, 7) is 3.35. The van der Waals surface area contributed by atoms with Crippen LogP contribution in [0.2, 0.25) is 5.02 Å². The summed E-state index contributed by atoms with van der Waals surface area (Å²) >= 11 is 5.85. The highest BCUT2D eigenvalue weighted by molar-refractivity contribution is 7.89. The monoisotopic (exact) mass is 466 g/mol. The summed E-state index contributed by atoms with van der Waals surface area (Å²) in [7, 11) is -3.86. The van der Waals surface area contributed by atoms with E-state index in [2.05, 4.69) is 5.32 Å². The van der Waals surface area contributed by atoms with E-state index in [4.69, 9.17) is 11.6 Å². The maximum absolute atomic E-state index is 13.0. The molecule has 3 rings (SSSR count). The summed E-state index contributed by atoms with van der Waals surface area (Å²) in [4.78, 5) is 24.4. The lowest BCUT2D eigenvalue weighted by molar-refractivity contribution is -0.385. The minimum Gasteiger partial charge on any atom is -0.351 e. The Morgan fingerprint density at radius 2 is 1.77 bits per heavy atom. The molecule has 1 aliphatic heterocycles. The van der Waals surface area contributed by atoms with Crippen LogP contribution in [-0.4, -0.2) is 61.2 Å². The molecule has 166 valence electrons. The molecular weight excluding hydrogens is 444 g/mol. The molecule has 1 aliphatic rings. The van der Waals surface area contributed by atoms with E-state index in [0.717, 1.165) is 11.6 Å². The third kappa shape index (κ3) is 5.79. The molecule has 0 unspecified atom stereocenters. The number of piperazine rings is 1. The number of hydrogen-bond acceptors (Lipinski definition) is 6. The molecule has 0 aliphatic carbocycles. The van der Waals surface area contributed by atoms with E-state index in [1.807, 2.05) is 17.0 Å². The van der Waals surface area contributed by atoms with Gasteiger partial charge in [0.1, 0.15) is 0 Å². The Balaban J connectivity index is 1.55. The molecule has 1 N–H and O–H groups in total. The normalized spacial score (nSPS) is 15.5. The lowest BCUT2D eigenvalue weighted by atomic mass is 10.2. The van der Waals surface area contributed by atoms with Gasteiger partial charge >= 0.3 is 0 Å². The van der Waals surface area contributed by atoms with E-state index in [0.29, 0.717) is 30.2 Å². The van der Waals surface area contributed by atoms with Crippen LogP contribution in [0.4, 0.5) is 5.69 Å². The van der Waals surface area contributed by atoms with E-state index in [9.17, 15) is 23.3 Å². The number of nitrogens with zero attached hydrogens (tertiary/aromatic N) is 3. The number of carbonyl (C=O) groups excluding carboxylic acids is 1. The van der Waals surface area contributed by atoms with Gasteiger partial charge in [0.05, 0.1) is 16.4 Å². The summed E-state index contributed by atoms with van der Waals surface area (Å²) in [5.41, 5.74) is 1.12. The van der Waals surface area contributed by atoms with Crippen molar-refractivity contribution in [3.8, 4) is 0 Å². The second-order valence-corrected chi connectivity index (χ2v) is 9.63. The van der Waals surface area contributed by atoms with Gasteiger partial charge in [-0.25, -0.2) is 8.42 Å². The summed E-state index contributed by atoms with van der Waals surface area (Å²) in [5, 5.41) is 14.5. The average Bonchev–Trinajstić information content (AvgIpc) is 2.73. The zero-order chi connectivity index (χ0) is 22.6. The number of nitrogens with one attached hydrogen (secondary N) is 1. The molecule has 1 amide bonds. The van der Waals surface area contributed by atoms with Crippen LogP contribution >= 0.6 is 11.6 Å². The standard InChI is InChI=1S/C20H23ClN4O5S/c1-15-2-7-18(25(27)28)12-19(15)31(29,30)24-10-8-23(9-11-24)14-20(26)22-13-16-3-5-17(21)6-4-16/h2-7,12H,8-11,13-14H2,1H3,(H,22,26). The Kier molecular flexibility index (Phi) is 7.26. The number of sulfonamides is 1. The predicted octanol–water partition coefficient (Wildman–Crippen LogP) is 2.18. The highest BCUT2D eigenvalue weighted by Gasteiger charge is 2.31. The number of amides is 1. The first-order valence-corrected chi connectivity index (χ1v) is 11.5. The van der Waals surface area contributed by atoms with Gasteiger partial charge in [-0.3, -0.25) is 19.8 Å². The molecule has 2 aromatic rings. The summed E-state index contributed by atoms with van der Waals surface area (Å²) < 4.78 is 27.3. The second-order valence-electron chi connectivity index (χ2n) is 7.29. The quantitative estimate of drug-likeness (QED) is 0.494. The SMILES string of the molecule is Cc1ccc([N+](=O)[O-])cc1S(=O)(=O)N1CCN(CC(=O)NCc2ccc(Cl)cc2)CC1. The highest BCUT2D eigenvalue weighted by Crippen LogP contribution is 2.25. The van der Waals surface area contributed by atoms with Crippen LogP contribution in [0.5, 0.6) is 0 Å². The Morgan fingerprint density at radius 3 is 2.39 bits per heavy atom. The van der Waals surface area contributed by atoms with E-state index in [1.54, 1.807) is 19.1 Å². The van der Waals surface area contributed by atoms with Crippen LogP contribution in [0, 0.1) is 17.0 Å². The van der Waals surface area contributed by atoms with Gasteiger partial charge in [-0.1, -0.05) is 29.8 Å². The first-order chi connectivity index (χ1) is 14.7. The molecule has 0 radical (unpaired) electrons. The molecule has 0 spiro atoms. The minimum absolute atomic E-state index is 0.0594. The van der Waals surface area contributed by atoms with Gasteiger partial charge in [-0.05, 0) is 30.2 Å². The Bertz CT molecular complexity index is 1070. The number of rotatable bonds is 7. The van der Waals surface area contributed by atoms with Gasteiger partial charge in [0.25, 0.3) is 5.69 Å². The van der Waals surface area contributed by atoms with E-state index >= 15 is 0 Å². The van der Waals surface area contributed by atoms with Gasteiger partial charge in [-0.2, -0.15) is 4.31 Å². The number of aryl methyl sites for hydroxylation is 1. The number of carbonyl (C=O) groups is 1.